The van der Waals surface area contributed by atoms with Crippen molar-refractivity contribution in [2.45, 2.75) is 0 Å². The molecule has 37 heavy (non-hydrogen) atoms. The topological polar surface area (TPSA) is 88.9 Å². The van der Waals surface area contributed by atoms with E-state index in [1.165, 1.54) is 30.3 Å². The van der Waals surface area contributed by atoms with Crippen molar-refractivity contribution < 1.29 is 27.2 Å². The summed E-state index contributed by atoms with van der Waals surface area (Å²) >= 11 is 0. The first kappa shape index (κ1) is 23.7. The van der Waals surface area contributed by atoms with Crippen LogP contribution in [-0.4, -0.2) is 26.3 Å². The number of imidazole rings is 1. The Balaban J connectivity index is 1.47. The number of pyridine rings is 1. The quantitative estimate of drug-likeness (QED) is 0.178. The number of nitrogens with one attached hydrogen (secondary N) is 2. The first-order valence-corrected chi connectivity index (χ1v) is 10.7. The minimum atomic E-state index is -1.70. The van der Waals surface area contributed by atoms with E-state index in [9.17, 15) is 22.8 Å². The number of hydrogen-bond donors (Lipinski definition) is 2. The van der Waals surface area contributed by atoms with Crippen molar-refractivity contribution >= 4 is 34.1 Å². The van der Waals surface area contributed by atoms with Crippen molar-refractivity contribution in [3.05, 3.63) is 114 Å². The molecule has 0 atom stereocenters. The zero-order valence-corrected chi connectivity index (χ0v) is 18.7. The summed E-state index contributed by atoms with van der Waals surface area (Å²) in [5.74, 6) is -6.49. The number of carbonyl (C=O) groups excluding carboxylic acids is 2. The summed E-state index contributed by atoms with van der Waals surface area (Å²) in [6.07, 6.45) is 6.40. The van der Waals surface area contributed by atoms with Gasteiger partial charge in [0.05, 0.1) is 35.0 Å². The molecule has 0 bridgehead atoms. The van der Waals surface area contributed by atoms with Crippen molar-refractivity contribution in [3.63, 3.8) is 0 Å². The van der Waals surface area contributed by atoms with Crippen LogP contribution in [0.4, 0.5) is 33.7 Å². The number of halogens is 4. The molecule has 0 radical (unpaired) electrons. The third-order valence-corrected chi connectivity index (χ3v) is 5.45. The maximum Gasteiger partial charge on any atom is 0.323 e. The molecule has 3 aromatic carbocycles. The standard InChI is InChI=1S/C26H15F4N5O2/c27-16-2-1-3-17(10-16)33-26(37)34-21-11-19(28)23(29)22(24(21)30)25(36)14-4-5-20-15(8-14)9-18(12-32-20)35-7-6-31-13-35/h1-13H,(H2,33,34,37). The zero-order chi connectivity index (χ0) is 26.1. The van der Waals surface area contributed by atoms with E-state index >= 15 is 4.39 Å². The second-order valence-electron chi connectivity index (χ2n) is 7.90. The molecule has 0 fully saturated rings. The van der Waals surface area contributed by atoms with E-state index < -0.39 is 46.3 Å². The summed E-state index contributed by atoms with van der Waals surface area (Å²) in [7, 11) is 0. The largest absolute Gasteiger partial charge is 0.323 e. The van der Waals surface area contributed by atoms with Crippen molar-refractivity contribution in [2.75, 3.05) is 10.6 Å². The fourth-order valence-corrected chi connectivity index (χ4v) is 3.70. The van der Waals surface area contributed by atoms with Gasteiger partial charge in [0.15, 0.2) is 23.2 Å². The highest BCUT2D eigenvalue weighted by molar-refractivity contribution is 6.12. The molecule has 2 aromatic heterocycles. The fourth-order valence-electron chi connectivity index (χ4n) is 3.70. The van der Waals surface area contributed by atoms with Gasteiger partial charge >= 0.3 is 6.03 Å². The van der Waals surface area contributed by atoms with E-state index in [1.54, 1.807) is 35.6 Å². The van der Waals surface area contributed by atoms with Gasteiger partial charge in [0.2, 0.25) is 0 Å². The zero-order valence-electron chi connectivity index (χ0n) is 18.7. The Labute approximate surface area is 206 Å². The van der Waals surface area contributed by atoms with Gasteiger partial charge in [-0.2, -0.15) is 0 Å². The van der Waals surface area contributed by atoms with E-state index in [1.807, 2.05) is 5.32 Å². The second-order valence-corrected chi connectivity index (χ2v) is 7.90. The van der Waals surface area contributed by atoms with Crippen LogP contribution in [0.3, 0.4) is 0 Å². The Morgan fingerprint density at radius 1 is 0.892 bits per heavy atom. The summed E-state index contributed by atoms with van der Waals surface area (Å²) in [6.45, 7) is 0. The Morgan fingerprint density at radius 2 is 1.73 bits per heavy atom. The number of urea groups is 1. The molecule has 0 aliphatic carbocycles. The third-order valence-electron chi connectivity index (χ3n) is 5.45. The molecule has 0 saturated heterocycles. The third kappa shape index (κ3) is 4.74. The lowest BCUT2D eigenvalue weighted by atomic mass is 9.99. The summed E-state index contributed by atoms with van der Waals surface area (Å²) in [6, 6.07) is 10.1. The van der Waals surface area contributed by atoms with Gasteiger partial charge in [0.25, 0.3) is 0 Å². The maximum absolute atomic E-state index is 15.2. The molecular weight excluding hydrogens is 490 g/mol. The van der Waals surface area contributed by atoms with Crippen LogP contribution in [0.2, 0.25) is 0 Å². The molecular formula is C26H15F4N5O2. The normalized spacial score (nSPS) is 10.9. The van der Waals surface area contributed by atoms with E-state index in [4.69, 9.17) is 0 Å². The predicted molar refractivity (Wildman–Crippen MR) is 128 cm³/mol. The maximum atomic E-state index is 15.2. The minimum Gasteiger partial charge on any atom is -0.308 e. The van der Waals surface area contributed by atoms with Crippen molar-refractivity contribution in [3.8, 4) is 5.69 Å². The first-order chi connectivity index (χ1) is 17.8. The van der Waals surface area contributed by atoms with Gasteiger partial charge < -0.3 is 15.2 Å². The molecule has 0 aliphatic heterocycles. The highest BCUT2D eigenvalue weighted by atomic mass is 19.2. The van der Waals surface area contributed by atoms with Crippen LogP contribution in [0.15, 0.2) is 79.5 Å². The summed E-state index contributed by atoms with van der Waals surface area (Å²) in [4.78, 5) is 33.6. The van der Waals surface area contributed by atoms with Crippen molar-refractivity contribution in [1.82, 2.24) is 14.5 Å². The van der Waals surface area contributed by atoms with Gasteiger partial charge in [-0.25, -0.2) is 27.3 Å². The molecule has 0 aliphatic rings. The van der Waals surface area contributed by atoms with E-state index in [0.717, 1.165) is 12.1 Å². The van der Waals surface area contributed by atoms with Gasteiger partial charge in [-0.3, -0.25) is 9.78 Å². The average Bonchev–Trinajstić information content (AvgIpc) is 3.42. The molecule has 5 rings (SSSR count). The highest BCUT2D eigenvalue weighted by Gasteiger charge is 2.26. The average molecular weight is 505 g/mol. The van der Waals surface area contributed by atoms with E-state index in [2.05, 4.69) is 15.3 Å². The highest BCUT2D eigenvalue weighted by Crippen LogP contribution is 2.28. The van der Waals surface area contributed by atoms with E-state index in [-0.39, 0.29) is 11.3 Å². The summed E-state index contributed by atoms with van der Waals surface area (Å²) in [5.41, 5.74) is -0.905. The van der Waals surface area contributed by atoms with Crippen molar-refractivity contribution in [2.24, 2.45) is 0 Å². The van der Waals surface area contributed by atoms with Crippen LogP contribution in [0.5, 0.6) is 0 Å². The van der Waals surface area contributed by atoms with E-state index in [0.29, 0.717) is 22.7 Å². The Kier molecular flexibility index (Phi) is 6.10. The molecule has 2 amide bonds. The van der Waals surface area contributed by atoms with Gasteiger partial charge in [-0.15, -0.1) is 0 Å². The number of ketones is 1. The first-order valence-electron chi connectivity index (χ1n) is 10.7. The summed E-state index contributed by atoms with van der Waals surface area (Å²) < 4.78 is 59.2. The minimum absolute atomic E-state index is 0.0385. The van der Waals surface area contributed by atoms with Crippen molar-refractivity contribution in [1.29, 1.82) is 0 Å². The van der Waals surface area contributed by atoms with Crippen LogP contribution < -0.4 is 10.6 Å². The Bertz CT molecular complexity index is 1670. The van der Waals surface area contributed by atoms with Gasteiger partial charge in [-0.1, -0.05) is 6.07 Å². The van der Waals surface area contributed by atoms with Crippen LogP contribution in [0.1, 0.15) is 15.9 Å². The number of anilines is 2. The number of benzene rings is 3. The van der Waals surface area contributed by atoms with Crippen LogP contribution in [-0.2, 0) is 0 Å². The predicted octanol–water partition coefficient (Wildman–Crippen LogP) is 5.85. The molecule has 7 nitrogen and oxygen atoms in total. The molecule has 0 spiro atoms. The smallest absolute Gasteiger partial charge is 0.308 e. The molecule has 0 saturated carbocycles. The number of carbonyl (C=O) groups is 2. The van der Waals surface area contributed by atoms with Crippen LogP contribution in [0, 0.1) is 23.3 Å². The monoisotopic (exact) mass is 505 g/mol. The van der Waals surface area contributed by atoms with Crippen LogP contribution >= 0.6 is 0 Å². The molecule has 2 N–H and O–H groups in total. The number of amides is 2. The molecule has 11 heteroatoms. The summed E-state index contributed by atoms with van der Waals surface area (Å²) in [5, 5.41) is 4.75. The number of aromatic nitrogens is 3. The Morgan fingerprint density at radius 3 is 2.49 bits per heavy atom. The second kappa shape index (κ2) is 9.53. The number of rotatable bonds is 5. The molecule has 5 aromatic rings. The lowest BCUT2D eigenvalue weighted by Gasteiger charge is -2.13. The number of nitrogens with zero attached hydrogens (tertiary/aromatic N) is 3. The van der Waals surface area contributed by atoms with Gasteiger partial charge in [0.1, 0.15) is 5.82 Å². The fraction of sp³-hybridized carbons (Fsp3) is 0. The Hall–Kier alpha value is -5.06. The SMILES string of the molecule is O=C(Nc1cccc(F)c1)Nc1cc(F)c(F)c(C(=O)c2ccc3ncc(-n4ccnc4)cc3c2)c1F. The molecule has 2 heterocycles. The van der Waals surface area contributed by atoms with Crippen LogP contribution in [0.25, 0.3) is 16.6 Å². The number of hydrogen-bond acceptors (Lipinski definition) is 4. The molecule has 184 valence electrons. The lowest BCUT2D eigenvalue weighted by Crippen LogP contribution is -2.22. The van der Waals surface area contributed by atoms with Gasteiger partial charge in [0, 0.05) is 35.1 Å². The number of fused-ring (bicyclic) bond motifs is 1. The lowest BCUT2D eigenvalue weighted by molar-refractivity contribution is 0.103. The van der Waals surface area contributed by atoms with Gasteiger partial charge in [-0.05, 0) is 42.5 Å². The molecule has 0 unspecified atom stereocenters.